The molecule has 3 nitrogen and oxygen atoms in total. The van der Waals surface area contributed by atoms with Crippen molar-refractivity contribution in [3.63, 3.8) is 0 Å². The highest BCUT2D eigenvalue weighted by molar-refractivity contribution is 7.84. The van der Waals surface area contributed by atoms with E-state index in [2.05, 4.69) is 36.5 Å². The Morgan fingerprint density at radius 3 is 2.69 bits per heavy atom. The van der Waals surface area contributed by atoms with Gasteiger partial charge >= 0.3 is 0 Å². The van der Waals surface area contributed by atoms with Gasteiger partial charge in [0.25, 0.3) is 0 Å². The maximum Gasteiger partial charge on any atom is 0.0982 e. The van der Waals surface area contributed by atoms with Crippen molar-refractivity contribution in [2.24, 2.45) is 0 Å². The predicted molar refractivity (Wildman–Crippen MR) is 71.5 cm³/mol. The van der Waals surface area contributed by atoms with E-state index in [1.807, 2.05) is 0 Å². The second-order valence-corrected chi connectivity index (χ2v) is 7.26. The van der Waals surface area contributed by atoms with E-state index in [0.29, 0.717) is 5.75 Å². The highest BCUT2D eigenvalue weighted by Crippen LogP contribution is 2.25. The Kier molecular flexibility index (Phi) is 5.08. The van der Waals surface area contributed by atoms with Gasteiger partial charge in [0.05, 0.1) is 10.7 Å². The summed E-state index contributed by atoms with van der Waals surface area (Å²) in [6.07, 6.45) is 1.72. The molecule has 1 unspecified atom stereocenters. The molecule has 0 aliphatic carbocycles. The Labute approximate surface area is 104 Å². The SMILES string of the molecule is CS(=O)CCNCc1csc(C(C)(C)C)n1. The molecule has 0 amide bonds. The summed E-state index contributed by atoms with van der Waals surface area (Å²) in [6.45, 7) is 8.06. The average molecular weight is 260 g/mol. The van der Waals surface area contributed by atoms with Gasteiger partial charge in [0.15, 0.2) is 0 Å². The van der Waals surface area contributed by atoms with E-state index in [0.717, 1.165) is 18.8 Å². The molecule has 1 aromatic rings. The molecule has 0 spiro atoms. The van der Waals surface area contributed by atoms with E-state index in [1.165, 1.54) is 5.01 Å². The molecule has 0 saturated heterocycles. The smallest absolute Gasteiger partial charge is 0.0982 e. The number of nitrogens with one attached hydrogen (secondary N) is 1. The van der Waals surface area contributed by atoms with Crippen molar-refractivity contribution in [3.8, 4) is 0 Å². The van der Waals surface area contributed by atoms with Crippen molar-refractivity contribution < 1.29 is 4.21 Å². The highest BCUT2D eigenvalue weighted by atomic mass is 32.2. The lowest BCUT2D eigenvalue weighted by atomic mass is 9.98. The summed E-state index contributed by atoms with van der Waals surface area (Å²) in [7, 11) is -0.713. The average Bonchev–Trinajstić information content (AvgIpc) is 2.59. The van der Waals surface area contributed by atoms with Gasteiger partial charge in [-0.15, -0.1) is 11.3 Å². The molecule has 1 rings (SSSR count). The third kappa shape index (κ3) is 4.72. The van der Waals surface area contributed by atoms with Crippen LogP contribution in [0.1, 0.15) is 31.5 Å². The van der Waals surface area contributed by atoms with Crippen molar-refractivity contribution in [2.75, 3.05) is 18.6 Å². The molecule has 5 heteroatoms. The van der Waals surface area contributed by atoms with Gasteiger partial charge in [-0.25, -0.2) is 4.98 Å². The minimum absolute atomic E-state index is 0.133. The molecule has 1 atom stereocenters. The van der Waals surface area contributed by atoms with Crippen LogP contribution in [-0.2, 0) is 22.8 Å². The maximum absolute atomic E-state index is 10.8. The van der Waals surface area contributed by atoms with Crippen LogP contribution in [0.5, 0.6) is 0 Å². The summed E-state index contributed by atoms with van der Waals surface area (Å²) < 4.78 is 10.8. The second-order valence-electron chi connectivity index (χ2n) is 4.85. The van der Waals surface area contributed by atoms with Gasteiger partial charge in [0.2, 0.25) is 0 Å². The first-order valence-corrected chi connectivity index (χ1v) is 7.96. The largest absolute Gasteiger partial charge is 0.310 e. The van der Waals surface area contributed by atoms with Crippen LogP contribution >= 0.6 is 11.3 Å². The van der Waals surface area contributed by atoms with Crippen molar-refractivity contribution in [1.29, 1.82) is 0 Å². The van der Waals surface area contributed by atoms with Crippen molar-refractivity contribution in [3.05, 3.63) is 16.1 Å². The fraction of sp³-hybridized carbons (Fsp3) is 0.727. The van der Waals surface area contributed by atoms with Crippen LogP contribution in [0.15, 0.2) is 5.38 Å². The minimum atomic E-state index is -0.713. The van der Waals surface area contributed by atoms with Gasteiger partial charge in [-0.05, 0) is 0 Å². The molecule has 92 valence electrons. The Bertz CT molecular complexity index is 355. The number of rotatable bonds is 5. The molecule has 16 heavy (non-hydrogen) atoms. The molecule has 0 saturated carbocycles. The quantitative estimate of drug-likeness (QED) is 0.822. The van der Waals surface area contributed by atoms with E-state index < -0.39 is 10.8 Å². The molecule has 0 radical (unpaired) electrons. The van der Waals surface area contributed by atoms with Crippen molar-refractivity contribution in [2.45, 2.75) is 32.7 Å². The summed E-state index contributed by atoms with van der Waals surface area (Å²) in [5.41, 5.74) is 1.21. The first-order chi connectivity index (χ1) is 7.39. The normalized spacial score (nSPS) is 14.0. The summed E-state index contributed by atoms with van der Waals surface area (Å²) in [4.78, 5) is 4.58. The zero-order valence-electron chi connectivity index (χ0n) is 10.4. The zero-order chi connectivity index (χ0) is 12.2. The number of aromatic nitrogens is 1. The Hall–Kier alpha value is -0.260. The van der Waals surface area contributed by atoms with Crippen LogP contribution in [0, 0.1) is 0 Å². The lowest BCUT2D eigenvalue weighted by Crippen LogP contribution is -2.20. The third-order valence-electron chi connectivity index (χ3n) is 2.07. The summed E-state index contributed by atoms with van der Waals surface area (Å²) in [5.74, 6) is 0.705. The zero-order valence-corrected chi connectivity index (χ0v) is 12.0. The summed E-state index contributed by atoms with van der Waals surface area (Å²) in [5, 5.41) is 6.51. The maximum atomic E-state index is 10.8. The van der Waals surface area contributed by atoms with Gasteiger partial charge in [-0.2, -0.15) is 0 Å². The molecule has 0 aliphatic rings. The highest BCUT2D eigenvalue weighted by Gasteiger charge is 2.17. The third-order valence-corrected chi connectivity index (χ3v) is 4.16. The lowest BCUT2D eigenvalue weighted by Gasteiger charge is -2.13. The van der Waals surface area contributed by atoms with Gasteiger partial charge in [-0.1, -0.05) is 20.8 Å². The molecule has 0 aromatic carbocycles. The Balaban J connectivity index is 2.38. The first kappa shape index (κ1) is 13.8. The topological polar surface area (TPSA) is 42.0 Å². The monoisotopic (exact) mass is 260 g/mol. The first-order valence-electron chi connectivity index (χ1n) is 5.35. The number of hydrogen-bond donors (Lipinski definition) is 1. The summed E-state index contributed by atoms with van der Waals surface area (Å²) in [6, 6.07) is 0. The molecule has 1 heterocycles. The van der Waals surface area contributed by atoms with Crippen LogP contribution in [0.25, 0.3) is 0 Å². The molecule has 0 fully saturated rings. The van der Waals surface area contributed by atoms with E-state index in [4.69, 9.17) is 0 Å². The van der Waals surface area contributed by atoms with Crippen LogP contribution in [0.3, 0.4) is 0 Å². The summed E-state index contributed by atoms with van der Waals surface area (Å²) >= 11 is 1.71. The van der Waals surface area contributed by atoms with Crippen LogP contribution in [0.2, 0.25) is 0 Å². The molecular formula is C11H20N2OS2. The second kappa shape index (κ2) is 5.89. The van der Waals surface area contributed by atoms with Crippen LogP contribution in [0.4, 0.5) is 0 Å². The molecule has 0 bridgehead atoms. The standard InChI is InChI=1S/C11H20N2OS2/c1-11(2,3)10-13-9(8-15-10)7-12-5-6-16(4)14/h8,12H,5-7H2,1-4H3. The Morgan fingerprint density at radius 1 is 1.50 bits per heavy atom. The van der Waals surface area contributed by atoms with Crippen molar-refractivity contribution >= 4 is 22.1 Å². The van der Waals surface area contributed by atoms with Crippen molar-refractivity contribution in [1.82, 2.24) is 10.3 Å². The molecule has 1 aromatic heterocycles. The predicted octanol–water partition coefficient (Wildman–Crippen LogP) is 1.91. The van der Waals surface area contributed by atoms with E-state index in [9.17, 15) is 4.21 Å². The lowest BCUT2D eigenvalue weighted by molar-refractivity contribution is 0.580. The van der Waals surface area contributed by atoms with Gasteiger partial charge in [0.1, 0.15) is 0 Å². The fourth-order valence-corrected chi connectivity index (χ4v) is 2.50. The fourth-order valence-electron chi connectivity index (χ4n) is 1.17. The van der Waals surface area contributed by atoms with Crippen LogP contribution < -0.4 is 5.32 Å². The minimum Gasteiger partial charge on any atom is -0.310 e. The molecule has 1 N–H and O–H groups in total. The van der Waals surface area contributed by atoms with Crippen LogP contribution in [-0.4, -0.2) is 27.7 Å². The molecular weight excluding hydrogens is 240 g/mol. The molecule has 0 aliphatic heterocycles. The number of thiazole rings is 1. The number of hydrogen-bond acceptors (Lipinski definition) is 4. The van der Waals surface area contributed by atoms with E-state index >= 15 is 0 Å². The number of nitrogens with zero attached hydrogens (tertiary/aromatic N) is 1. The van der Waals surface area contributed by atoms with Gasteiger partial charge in [0, 0.05) is 46.7 Å². The van der Waals surface area contributed by atoms with Gasteiger partial charge in [-0.3, -0.25) is 4.21 Å². The van der Waals surface area contributed by atoms with E-state index in [1.54, 1.807) is 17.6 Å². The van der Waals surface area contributed by atoms with Gasteiger partial charge < -0.3 is 5.32 Å². The Morgan fingerprint density at radius 2 is 2.19 bits per heavy atom. The van der Waals surface area contributed by atoms with E-state index in [-0.39, 0.29) is 5.41 Å².